The molecule has 8 heterocycles. The van der Waals surface area contributed by atoms with Crippen LogP contribution < -0.4 is 10.6 Å². The van der Waals surface area contributed by atoms with Crippen LogP contribution in [0.1, 0.15) is 131 Å². The van der Waals surface area contributed by atoms with E-state index in [1.165, 1.54) is 12.8 Å². The highest BCUT2D eigenvalue weighted by molar-refractivity contribution is 8.00. The predicted molar refractivity (Wildman–Crippen MR) is 210 cm³/mol. The molecule has 316 valence electrons. The van der Waals surface area contributed by atoms with Gasteiger partial charge in [-0.15, -0.1) is 23.5 Å². The van der Waals surface area contributed by atoms with Crippen LogP contribution in [0.3, 0.4) is 0 Å². The Hall–Kier alpha value is -0.680. The maximum absolute atomic E-state index is 13.1. The van der Waals surface area contributed by atoms with E-state index < -0.39 is 35.4 Å². The summed E-state index contributed by atoms with van der Waals surface area (Å²) in [6.45, 7) is 13.1. The molecule has 3 saturated carbocycles. The lowest BCUT2D eigenvalue weighted by atomic mass is 9.58. The van der Waals surface area contributed by atoms with Gasteiger partial charge in [-0.3, -0.25) is 9.59 Å². The van der Waals surface area contributed by atoms with Crippen molar-refractivity contribution in [2.75, 3.05) is 11.5 Å². The van der Waals surface area contributed by atoms with Crippen LogP contribution in [-0.4, -0.2) is 81.6 Å². The molecule has 12 nitrogen and oxygen atoms in total. The number of amides is 2. The Morgan fingerprint density at radius 2 is 0.964 bits per heavy atom. The highest BCUT2D eigenvalue weighted by atomic mass is 32.2. The standard InChI is InChI=1S/C42H66N2O10S2/c1-23-7-13-31-25(3)35(47-37-41(31)29(23)15-19-39(5,49-37)51-53-41)55-21-17-33(45)43-27-9-11-28(12-10-27)44-34(46)18-22-56-36-26(4)32-14-8-24(2)30-16-20-40(6)50-38(48-36)42(30,32)54-52-40/h23-32,35-38H,7-22H2,1-6H3,(H,43,45)(H,44,46)/t23-,24-,25-,26-,27?,28?,29+,30+,31+,32+,35+,36+,37-,38-,39-,40-,41-,42-/m1/s1. The molecule has 0 aromatic rings. The van der Waals surface area contributed by atoms with E-state index >= 15 is 0 Å². The number of fused-ring (bicyclic) bond motifs is 4. The zero-order valence-corrected chi connectivity index (χ0v) is 35.9. The van der Waals surface area contributed by atoms with Crippen LogP contribution in [0.5, 0.6) is 0 Å². The Labute approximate surface area is 341 Å². The van der Waals surface area contributed by atoms with Gasteiger partial charge in [0.2, 0.25) is 23.4 Å². The van der Waals surface area contributed by atoms with E-state index in [9.17, 15) is 9.59 Å². The second kappa shape index (κ2) is 15.7. The molecule has 0 unspecified atom stereocenters. The van der Waals surface area contributed by atoms with Gasteiger partial charge in [0.1, 0.15) is 10.9 Å². The minimum atomic E-state index is -0.782. The summed E-state index contributed by atoms with van der Waals surface area (Å²) in [5, 5.41) is 6.56. The molecule has 11 aliphatic rings. The first-order chi connectivity index (χ1) is 26.8. The largest absolute Gasteiger partial charge is 0.353 e. The maximum Gasteiger partial charge on any atom is 0.221 e. The average molecular weight is 823 g/mol. The smallest absolute Gasteiger partial charge is 0.221 e. The van der Waals surface area contributed by atoms with Gasteiger partial charge in [-0.05, 0) is 114 Å². The van der Waals surface area contributed by atoms with Crippen molar-refractivity contribution in [3.8, 4) is 0 Å². The molecular formula is C42H66N2O10S2. The third-order valence-electron chi connectivity index (χ3n) is 15.9. The third-order valence-corrected chi connectivity index (χ3v) is 18.5. The van der Waals surface area contributed by atoms with Gasteiger partial charge in [0.15, 0.2) is 23.8 Å². The molecule has 56 heavy (non-hydrogen) atoms. The fourth-order valence-electron chi connectivity index (χ4n) is 12.6. The number of hydrogen-bond donors (Lipinski definition) is 2. The van der Waals surface area contributed by atoms with E-state index in [0.29, 0.717) is 59.9 Å². The van der Waals surface area contributed by atoms with Crippen molar-refractivity contribution in [1.82, 2.24) is 10.6 Å². The number of nitrogens with one attached hydrogen (secondary N) is 2. The summed E-state index contributed by atoms with van der Waals surface area (Å²) in [5.74, 6) is 2.85. The molecule has 0 aromatic carbocycles. The number of thioether (sulfide) groups is 2. The van der Waals surface area contributed by atoms with E-state index in [2.05, 4.69) is 38.3 Å². The third kappa shape index (κ3) is 7.11. The summed E-state index contributed by atoms with van der Waals surface area (Å²) in [6.07, 6.45) is 11.6. The lowest BCUT2D eigenvalue weighted by Gasteiger charge is -2.60. The molecule has 8 aliphatic heterocycles. The van der Waals surface area contributed by atoms with Gasteiger partial charge in [0.05, 0.1) is 0 Å². The van der Waals surface area contributed by atoms with Crippen LogP contribution in [0.4, 0.5) is 0 Å². The predicted octanol–water partition coefficient (Wildman–Crippen LogP) is 7.19. The Morgan fingerprint density at radius 1 is 0.554 bits per heavy atom. The molecule has 4 bridgehead atoms. The first-order valence-corrected chi connectivity index (χ1v) is 24.1. The summed E-state index contributed by atoms with van der Waals surface area (Å²) < 4.78 is 26.4. The zero-order valence-electron chi connectivity index (χ0n) is 34.3. The number of carbonyl (C=O) groups is 2. The quantitative estimate of drug-likeness (QED) is 0.216. The molecular weight excluding hydrogens is 757 g/mol. The molecule has 8 saturated heterocycles. The summed E-state index contributed by atoms with van der Waals surface area (Å²) in [7, 11) is 0. The Morgan fingerprint density at radius 3 is 1.38 bits per heavy atom. The van der Waals surface area contributed by atoms with Crippen molar-refractivity contribution >= 4 is 35.3 Å². The molecule has 2 amide bonds. The maximum atomic E-state index is 13.1. The monoisotopic (exact) mass is 822 g/mol. The topological polar surface area (TPSA) is 132 Å². The lowest BCUT2D eigenvalue weighted by Crippen LogP contribution is -2.70. The number of rotatable bonds is 10. The number of ether oxygens (including phenoxy) is 4. The molecule has 16 atom stereocenters. The number of carbonyl (C=O) groups excluding carboxylic acids is 2. The van der Waals surface area contributed by atoms with E-state index in [-0.39, 0.29) is 46.6 Å². The van der Waals surface area contributed by atoms with Gasteiger partial charge in [-0.2, -0.15) is 0 Å². The summed E-state index contributed by atoms with van der Waals surface area (Å²) >= 11 is 3.46. The van der Waals surface area contributed by atoms with Crippen LogP contribution in [0.25, 0.3) is 0 Å². The van der Waals surface area contributed by atoms with Crippen LogP contribution in [0.2, 0.25) is 0 Å². The van der Waals surface area contributed by atoms with Crippen LogP contribution in [-0.2, 0) is 48.1 Å². The molecule has 3 aliphatic carbocycles. The molecule has 0 aromatic heterocycles. The highest BCUT2D eigenvalue weighted by Crippen LogP contribution is 2.63. The van der Waals surface area contributed by atoms with Crippen molar-refractivity contribution in [1.29, 1.82) is 0 Å². The molecule has 2 N–H and O–H groups in total. The van der Waals surface area contributed by atoms with E-state index in [1.807, 2.05) is 13.8 Å². The molecule has 2 spiro atoms. The summed E-state index contributed by atoms with van der Waals surface area (Å²) in [5.41, 5.74) is -1.23. The van der Waals surface area contributed by atoms with Gasteiger partial charge in [0, 0.05) is 61.1 Å². The number of hydrogen-bond acceptors (Lipinski definition) is 12. The second-order valence-corrected chi connectivity index (χ2v) is 21.9. The van der Waals surface area contributed by atoms with Crippen molar-refractivity contribution in [3.63, 3.8) is 0 Å². The van der Waals surface area contributed by atoms with Gasteiger partial charge in [-0.1, -0.05) is 27.7 Å². The first kappa shape index (κ1) is 40.7. The fraction of sp³-hybridized carbons (Fsp3) is 0.952. The van der Waals surface area contributed by atoms with Gasteiger partial charge in [-0.25, -0.2) is 19.6 Å². The van der Waals surface area contributed by atoms with Crippen LogP contribution in [0.15, 0.2) is 0 Å². The van der Waals surface area contributed by atoms with Gasteiger partial charge in [0.25, 0.3) is 0 Å². The van der Waals surface area contributed by atoms with Gasteiger partial charge < -0.3 is 29.6 Å². The minimum Gasteiger partial charge on any atom is -0.353 e. The van der Waals surface area contributed by atoms with E-state index in [0.717, 1.165) is 64.2 Å². The van der Waals surface area contributed by atoms with E-state index in [1.54, 1.807) is 23.5 Å². The Balaban J connectivity index is 0.689. The van der Waals surface area contributed by atoms with Gasteiger partial charge >= 0.3 is 0 Å². The highest BCUT2D eigenvalue weighted by Gasteiger charge is 2.71. The lowest BCUT2D eigenvalue weighted by molar-refractivity contribution is -0.568. The summed E-state index contributed by atoms with van der Waals surface area (Å²) in [6, 6.07) is 0.284. The van der Waals surface area contributed by atoms with Crippen molar-refractivity contribution in [2.45, 2.75) is 190 Å². The summed E-state index contributed by atoms with van der Waals surface area (Å²) in [4.78, 5) is 50.6. The van der Waals surface area contributed by atoms with Crippen LogP contribution >= 0.6 is 23.5 Å². The molecule has 0 radical (unpaired) electrons. The minimum absolute atomic E-state index is 0.0605. The zero-order chi connectivity index (χ0) is 39.0. The molecule has 11 fully saturated rings. The fourth-order valence-corrected chi connectivity index (χ4v) is 15.1. The molecule has 14 heteroatoms. The van der Waals surface area contributed by atoms with Crippen molar-refractivity contribution in [2.24, 2.45) is 47.3 Å². The second-order valence-electron chi connectivity index (χ2n) is 19.5. The van der Waals surface area contributed by atoms with E-state index in [4.69, 9.17) is 38.5 Å². The average Bonchev–Trinajstić information content (AvgIpc) is 3.54. The first-order valence-electron chi connectivity index (χ1n) is 22.0. The molecule has 11 rings (SSSR count). The normalized spacial score (nSPS) is 51.9. The SMILES string of the molecule is C[C@H]1[C@H](SCCC(=O)NC2CCC(NC(=O)CCS[C@@H]3O[C@@H]4O[C@@]5(C)CC[C@H]6[C@H](C)CC[C@@H]([C@H]3C)[C@@]46OO5)CC2)O[C@@H]2O[C@@]3(C)CC[C@H]4[C@H](C)CC[C@@H]1[C@@]24OO3. The van der Waals surface area contributed by atoms with Crippen molar-refractivity contribution in [3.05, 3.63) is 0 Å². The Bertz CT molecular complexity index is 1370. The van der Waals surface area contributed by atoms with Crippen molar-refractivity contribution < 1.29 is 48.1 Å². The van der Waals surface area contributed by atoms with Crippen LogP contribution in [0, 0.1) is 47.3 Å². The Kier molecular flexibility index (Phi) is 11.4.